The summed E-state index contributed by atoms with van der Waals surface area (Å²) in [6.45, 7) is 0.0825. The summed E-state index contributed by atoms with van der Waals surface area (Å²) in [6, 6.07) is 17.2. The second kappa shape index (κ2) is 8.37. The SMILES string of the molecule is Cn1c2cc(Oc3cccc([N+](=O)[O-])c3)ccc2c2cnn(Cc3cccc([N+](=O)[O-])c3)c(=O)c21. The first-order chi connectivity index (χ1) is 16.8. The minimum atomic E-state index is -0.494. The zero-order valence-electron chi connectivity index (χ0n) is 18.3. The highest BCUT2D eigenvalue weighted by Crippen LogP contribution is 2.31. The zero-order valence-corrected chi connectivity index (χ0v) is 18.3. The number of nitro groups is 2. The van der Waals surface area contributed by atoms with E-state index in [4.69, 9.17) is 4.74 Å². The smallest absolute Gasteiger partial charge is 0.291 e. The minimum absolute atomic E-state index is 0.0579. The molecule has 0 aliphatic rings. The van der Waals surface area contributed by atoms with E-state index in [-0.39, 0.29) is 23.5 Å². The van der Waals surface area contributed by atoms with Crippen LogP contribution in [0.1, 0.15) is 5.56 Å². The predicted molar refractivity (Wildman–Crippen MR) is 128 cm³/mol. The van der Waals surface area contributed by atoms with Gasteiger partial charge in [0.25, 0.3) is 16.9 Å². The molecule has 0 fully saturated rings. The van der Waals surface area contributed by atoms with Crippen LogP contribution in [0.2, 0.25) is 0 Å². The molecule has 0 aliphatic heterocycles. The van der Waals surface area contributed by atoms with Crippen molar-refractivity contribution in [2.24, 2.45) is 7.05 Å². The van der Waals surface area contributed by atoms with Gasteiger partial charge in [-0.05, 0) is 23.8 Å². The van der Waals surface area contributed by atoms with Gasteiger partial charge in [-0.1, -0.05) is 18.2 Å². The molecule has 0 saturated heterocycles. The average Bonchev–Trinajstić information content (AvgIpc) is 3.13. The van der Waals surface area contributed by atoms with Gasteiger partial charge in [-0.3, -0.25) is 25.0 Å². The summed E-state index contributed by atoms with van der Waals surface area (Å²) in [5, 5.41) is 27.8. The predicted octanol–water partition coefficient (Wildman–Crippen LogP) is 4.55. The molecule has 0 N–H and O–H groups in total. The van der Waals surface area contributed by atoms with Crippen LogP contribution in [0.4, 0.5) is 11.4 Å². The highest BCUT2D eigenvalue weighted by atomic mass is 16.6. The normalized spacial score (nSPS) is 11.1. The number of non-ortho nitro benzene ring substituents is 2. The molecule has 0 saturated carbocycles. The van der Waals surface area contributed by atoms with Crippen molar-refractivity contribution in [2.75, 3.05) is 0 Å². The van der Waals surface area contributed by atoms with Gasteiger partial charge in [0.15, 0.2) is 0 Å². The van der Waals surface area contributed by atoms with Gasteiger partial charge in [0.1, 0.15) is 17.0 Å². The van der Waals surface area contributed by atoms with Crippen molar-refractivity contribution >= 4 is 33.2 Å². The van der Waals surface area contributed by atoms with E-state index in [2.05, 4.69) is 5.10 Å². The van der Waals surface area contributed by atoms with Crippen LogP contribution in [0, 0.1) is 20.2 Å². The Morgan fingerprint density at radius 2 is 1.57 bits per heavy atom. The first-order valence-electron chi connectivity index (χ1n) is 10.5. The molecule has 2 heterocycles. The fourth-order valence-corrected chi connectivity index (χ4v) is 4.05. The average molecular weight is 471 g/mol. The molecule has 0 unspecified atom stereocenters. The summed E-state index contributed by atoms with van der Waals surface area (Å²) < 4.78 is 8.82. The third-order valence-electron chi connectivity index (χ3n) is 5.69. The standard InChI is InChI=1S/C24H17N5O6/c1-26-22-12-19(35-18-7-3-6-17(11-18)29(33)34)8-9-20(22)21-13-25-27(24(30)23(21)26)14-15-4-2-5-16(10-15)28(31)32/h2-13H,14H2,1H3. The lowest BCUT2D eigenvalue weighted by molar-refractivity contribution is -0.385. The Hall–Kier alpha value is -5.06. The van der Waals surface area contributed by atoms with E-state index < -0.39 is 9.85 Å². The van der Waals surface area contributed by atoms with Crippen molar-refractivity contribution in [2.45, 2.75) is 6.54 Å². The van der Waals surface area contributed by atoms with Gasteiger partial charge in [-0.2, -0.15) is 5.10 Å². The second-order valence-electron chi connectivity index (χ2n) is 7.89. The highest BCUT2D eigenvalue weighted by molar-refractivity contribution is 6.07. The first kappa shape index (κ1) is 21.8. The van der Waals surface area contributed by atoms with Gasteiger partial charge in [0.05, 0.1) is 34.2 Å². The maximum Gasteiger partial charge on any atom is 0.291 e. The summed E-state index contributed by atoms with van der Waals surface area (Å²) in [7, 11) is 1.75. The summed E-state index contributed by atoms with van der Waals surface area (Å²) in [4.78, 5) is 34.4. The second-order valence-corrected chi connectivity index (χ2v) is 7.89. The van der Waals surface area contributed by atoms with E-state index in [1.54, 1.807) is 54.2 Å². The molecule has 3 aromatic carbocycles. The lowest BCUT2D eigenvalue weighted by Gasteiger charge is -2.06. The molecule has 0 radical (unpaired) electrons. The van der Waals surface area contributed by atoms with Crippen LogP contribution in [0.15, 0.2) is 77.7 Å². The van der Waals surface area contributed by atoms with Gasteiger partial charge in [-0.15, -0.1) is 0 Å². The van der Waals surface area contributed by atoms with E-state index in [9.17, 15) is 25.0 Å². The van der Waals surface area contributed by atoms with Gasteiger partial charge in [0.2, 0.25) is 0 Å². The number of nitrogens with zero attached hydrogens (tertiary/aromatic N) is 5. The van der Waals surface area contributed by atoms with Gasteiger partial charge in [0, 0.05) is 42.1 Å². The lowest BCUT2D eigenvalue weighted by atomic mass is 10.2. The third-order valence-corrected chi connectivity index (χ3v) is 5.69. The molecule has 11 nitrogen and oxygen atoms in total. The molecule has 0 amide bonds. The molecular weight excluding hydrogens is 454 g/mol. The van der Waals surface area contributed by atoms with Crippen LogP contribution in [-0.2, 0) is 13.6 Å². The largest absolute Gasteiger partial charge is 0.457 e. The van der Waals surface area contributed by atoms with Crippen molar-refractivity contribution in [3.05, 3.63) is 109 Å². The number of hydrogen-bond donors (Lipinski definition) is 0. The molecule has 5 aromatic rings. The fraction of sp³-hybridized carbons (Fsp3) is 0.0833. The van der Waals surface area contributed by atoms with Crippen molar-refractivity contribution in [1.29, 1.82) is 0 Å². The van der Waals surface area contributed by atoms with Crippen molar-refractivity contribution in [3.8, 4) is 11.5 Å². The van der Waals surface area contributed by atoms with E-state index in [0.717, 1.165) is 10.9 Å². The molecule has 0 spiro atoms. The number of aromatic nitrogens is 3. The van der Waals surface area contributed by atoms with Gasteiger partial charge < -0.3 is 9.30 Å². The minimum Gasteiger partial charge on any atom is -0.457 e. The van der Waals surface area contributed by atoms with Crippen LogP contribution < -0.4 is 10.3 Å². The first-order valence-corrected chi connectivity index (χ1v) is 10.5. The Balaban J connectivity index is 1.54. The highest BCUT2D eigenvalue weighted by Gasteiger charge is 2.16. The van der Waals surface area contributed by atoms with Crippen LogP contribution >= 0.6 is 0 Å². The summed E-state index contributed by atoms with van der Waals surface area (Å²) in [6.07, 6.45) is 1.59. The Bertz CT molecular complexity index is 1700. The maximum atomic E-state index is 13.3. The van der Waals surface area contributed by atoms with Crippen LogP contribution in [0.25, 0.3) is 21.8 Å². The Morgan fingerprint density at radius 3 is 2.31 bits per heavy atom. The Morgan fingerprint density at radius 1 is 0.886 bits per heavy atom. The molecule has 2 aromatic heterocycles. The summed E-state index contributed by atoms with van der Waals surface area (Å²) >= 11 is 0. The molecule has 0 atom stereocenters. The number of benzene rings is 3. The number of ether oxygens (including phenoxy) is 1. The fourth-order valence-electron chi connectivity index (χ4n) is 4.05. The summed E-state index contributed by atoms with van der Waals surface area (Å²) in [5.74, 6) is 0.770. The van der Waals surface area contributed by atoms with Crippen LogP contribution in [0.3, 0.4) is 0 Å². The van der Waals surface area contributed by atoms with Crippen LogP contribution in [0.5, 0.6) is 11.5 Å². The van der Waals surface area contributed by atoms with Crippen molar-refractivity contribution < 1.29 is 14.6 Å². The Labute approximate surface area is 196 Å². The third kappa shape index (κ3) is 3.95. The van der Waals surface area contributed by atoms with E-state index in [1.807, 2.05) is 0 Å². The summed E-state index contributed by atoms with van der Waals surface area (Å²) in [5.41, 5.74) is 1.25. The molecule has 0 bridgehead atoms. The lowest BCUT2D eigenvalue weighted by Crippen LogP contribution is -2.24. The molecule has 174 valence electrons. The number of rotatable bonds is 6. The van der Waals surface area contributed by atoms with E-state index >= 15 is 0 Å². The van der Waals surface area contributed by atoms with E-state index in [1.165, 1.54) is 35.0 Å². The number of aryl methyl sites for hydroxylation is 1. The molecule has 11 heteroatoms. The van der Waals surface area contributed by atoms with Crippen molar-refractivity contribution in [1.82, 2.24) is 14.3 Å². The van der Waals surface area contributed by atoms with Crippen molar-refractivity contribution in [3.63, 3.8) is 0 Å². The number of fused-ring (bicyclic) bond motifs is 3. The van der Waals surface area contributed by atoms with E-state index in [0.29, 0.717) is 28.0 Å². The molecule has 5 rings (SSSR count). The monoisotopic (exact) mass is 471 g/mol. The van der Waals surface area contributed by atoms with Crippen LogP contribution in [-0.4, -0.2) is 24.2 Å². The number of nitro benzene ring substituents is 2. The zero-order chi connectivity index (χ0) is 24.7. The van der Waals surface area contributed by atoms with Gasteiger partial charge >= 0.3 is 0 Å². The quantitative estimate of drug-likeness (QED) is 0.262. The number of hydrogen-bond acceptors (Lipinski definition) is 7. The molecule has 0 aliphatic carbocycles. The van der Waals surface area contributed by atoms with Gasteiger partial charge in [-0.25, -0.2) is 4.68 Å². The molecule has 35 heavy (non-hydrogen) atoms. The maximum absolute atomic E-state index is 13.3. The topological polar surface area (TPSA) is 135 Å². The molecular formula is C24H17N5O6. The Kier molecular flexibility index (Phi) is 5.21.